The summed E-state index contributed by atoms with van der Waals surface area (Å²) < 4.78 is 13.4. The van der Waals surface area contributed by atoms with Crippen molar-refractivity contribution in [2.24, 2.45) is 5.92 Å². The van der Waals surface area contributed by atoms with Gasteiger partial charge in [0.1, 0.15) is 5.82 Å². The van der Waals surface area contributed by atoms with Gasteiger partial charge < -0.3 is 5.32 Å². The minimum Gasteiger partial charge on any atom is -0.317 e. The van der Waals surface area contributed by atoms with E-state index < -0.39 is 0 Å². The standard InChI is InChI=1S/C13H17ClFN/c1-9-6-12(14)11(8-13(9)15)7-10-2-4-16-5-3-10/h6,8,10,16H,2-5,7H2,1H3. The monoisotopic (exact) mass is 241 g/mol. The second-order valence-corrected chi connectivity index (χ2v) is 5.00. The van der Waals surface area contributed by atoms with Crippen LogP contribution in [0.2, 0.25) is 5.02 Å². The van der Waals surface area contributed by atoms with Gasteiger partial charge >= 0.3 is 0 Å². The molecule has 88 valence electrons. The van der Waals surface area contributed by atoms with Gasteiger partial charge in [-0.1, -0.05) is 11.6 Å². The molecule has 0 radical (unpaired) electrons. The maximum absolute atomic E-state index is 13.4. The summed E-state index contributed by atoms with van der Waals surface area (Å²) in [6.45, 7) is 3.88. The molecule has 0 saturated carbocycles. The summed E-state index contributed by atoms with van der Waals surface area (Å²) in [5.74, 6) is 0.495. The fraction of sp³-hybridized carbons (Fsp3) is 0.538. The van der Waals surface area contributed by atoms with Crippen LogP contribution in [0.15, 0.2) is 12.1 Å². The maximum atomic E-state index is 13.4. The topological polar surface area (TPSA) is 12.0 Å². The number of aryl methyl sites for hydroxylation is 1. The van der Waals surface area contributed by atoms with E-state index in [1.54, 1.807) is 19.1 Å². The van der Waals surface area contributed by atoms with Crippen molar-refractivity contribution in [3.63, 3.8) is 0 Å². The Kier molecular flexibility index (Phi) is 3.82. The second kappa shape index (κ2) is 5.15. The van der Waals surface area contributed by atoms with E-state index in [-0.39, 0.29) is 5.82 Å². The van der Waals surface area contributed by atoms with E-state index in [9.17, 15) is 4.39 Å². The summed E-state index contributed by atoms with van der Waals surface area (Å²) in [6.07, 6.45) is 3.22. The summed E-state index contributed by atoms with van der Waals surface area (Å²) in [7, 11) is 0. The first-order chi connectivity index (χ1) is 7.66. The van der Waals surface area contributed by atoms with Crippen LogP contribution in [-0.4, -0.2) is 13.1 Å². The van der Waals surface area contributed by atoms with E-state index in [4.69, 9.17) is 11.6 Å². The fourth-order valence-electron chi connectivity index (χ4n) is 2.24. The van der Waals surface area contributed by atoms with Gasteiger partial charge in [-0.25, -0.2) is 4.39 Å². The third kappa shape index (κ3) is 2.74. The normalized spacial score (nSPS) is 17.7. The lowest BCUT2D eigenvalue weighted by Gasteiger charge is -2.23. The first-order valence-corrected chi connectivity index (χ1v) is 6.20. The van der Waals surface area contributed by atoms with Crippen LogP contribution < -0.4 is 5.32 Å². The zero-order valence-electron chi connectivity index (χ0n) is 9.52. The van der Waals surface area contributed by atoms with Gasteiger partial charge in [0.25, 0.3) is 0 Å². The van der Waals surface area contributed by atoms with E-state index in [1.807, 2.05) is 0 Å². The lowest BCUT2D eigenvalue weighted by molar-refractivity contribution is 0.372. The SMILES string of the molecule is Cc1cc(Cl)c(CC2CCNCC2)cc1F. The maximum Gasteiger partial charge on any atom is 0.126 e. The van der Waals surface area contributed by atoms with Crippen LogP contribution in [0.4, 0.5) is 4.39 Å². The average molecular weight is 242 g/mol. The Bertz CT molecular complexity index is 372. The molecule has 2 rings (SSSR count). The Morgan fingerprint density at radius 1 is 1.38 bits per heavy atom. The summed E-state index contributed by atoms with van der Waals surface area (Å²) in [4.78, 5) is 0. The van der Waals surface area contributed by atoms with Crippen molar-refractivity contribution < 1.29 is 4.39 Å². The molecule has 1 aromatic rings. The quantitative estimate of drug-likeness (QED) is 0.838. The van der Waals surface area contributed by atoms with Crippen LogP contribution in [0.25, 0.3) is 0 Å². The van der Waals surface area contributed by atoms with Crippen LogP contribution >= 0.6 is 11.6 Å². The molecule has 0 atom stereocenters. The number of hydrogen-bond donors (Lipinski definition) is 1. The van der Waals surface area contributed by atoms with E-state index in [1.165, 1.54) is 0 Å². The highest BCUT2D eigenvalue weighted by molar-refractivity contribution is 6.31. The molecule has 1 aliphatic heterocycles. The van der Waals surface area contributed by atoms with Gasteiger partial charge in [0.2, 0.25) is 0 Å². The van der Waals surface area contributed by atoms with Gasteiger partial charge in [0.05, 0.1) is 0 Å². The minimum atomic E-state index is -0.145. The number of piperidine rings is 1. The largest absolute Gasteiger partial charge is 0.317 e. The number of benzene rings is 1. The van der Waals surface area contributed by atoms with Gasteiger partial charge in [-0.3, -0.25) is 0 Å². The summed E-state index contributed by atoms with van der Waals surface area (Å²) in [6, 6.07) is 3.33. The van der Waals surface area contributed by atoms with Crippen molar-refractivity contribution in [2.45, 2.75) is 26.2 Å². The molecule has 0 amide bonds. The number of nitrogens with one attached hydrogen (secondary N) is 1. The first-order valence-electron chi connectivity index (χ1n) is 5.82. The summed E-state index contributed by atoms with van der Waals surface area (Å²) in [5.41, 5.74) is 1.58. The lowest BCUT2D eigenvalue weighted by atomic mass is 9.90. The Hall–Kier alpha value is -0.600. The van der Waals surface area contributed by atoms with Gasteiger partial charge in [0, 0.05) is 5.02 Å². The summed E-state index contributed by atoms with van der Waals surface area (Å²) >= 11 is 6.14. The molecular weight excluding hydrogens is 225 g/mol. The highest BCUT2D eigenvalue weighted by atomic mass is 35.5. The Morgan fingerprint density at radius 2 is 2.06 bits per heavy atom. The smallest absolute Gasteiger partial charge is 0.126 e. The Labute approximate surface area is 101 Å². The van der Waals surface area contributed by atoms with Crippen molar-refractivity contribution in [3.8, 4) is 0 Å². The van der Waals surface area contributed by atoms with Crippen LogP contribution in [0, 0.1) is 18.7 Å². The van der Waals surface area contributed by atoms with E-state index in [0.717, 1.165) is 37.9 Å². The van der Waals surface area contributed by atoms with Crippen molar-refractivity contribution in [1.29, 1.82) is 0 Å². The zero-order valence-corrected chi connectivity index (χ0v) is 10.3. The Balaban J connectivity index is 2.11. The minimum absolute atomic E-state index is 0.145. The molecule has 1 N–H and O–H groups in total. The fourth-order valence-corrected chi connectivity index (χ4v) is 2.54. The van der Waals surface area contributed by atoms with Gasteiger partial charge in [0.15, 0.2) is 0 Å². The molecule has 1 saturated heterocycles. The molecular formula is C13H17ClFN. The molecule has 1 aromatic carbocycles. The molecule has 1 nitrogen and oxygen atoms in total. The number of hydrogen-bond acceptors (Lipinski definition) is 1. The van der Waals surface area contributed by atoms with Crippen LogP contribution in [0.3, 0.4) is 0 Å². The van der Waals surface area contributed by atoms with Crippen LogP contribution in [0.5, 0.6) is 0 Å². The molecule has 3 heteroatoms. The molecule has 0 aromatic heterocycles. The van der Waals surface area contributed by atoms with E-state index >= 15 is 0 Å². The van der Waals surface area contributed by atoms with E-state index in [0.29, 0.717) is 16.5 Å². The molecule has 0 bridgehead atoms. The number of halogens is 2. The predicted octanol–water partition coefficient (Wildman–Crippen LogP) is 3.33. The predicted molar refractivity (Wildman–Crippen MR) is 65.4 cm³/mol. The highest BCUT2D eigenvalue weighted by Crippen LogP contribution is 2.25. The molecule has 0 spiro atoms. The molecule has 1 heterocycles. The average Bonchev–Trinajstić information content (AvgIpc) is 2.27. The van der Waals surface area contributed by atoms with E-state index in [2.05, 4.69) is 5.32 Å². The molecule has 0 unspecified atom stereocenters. The van der Waals surface area contributed by atoms with Gasteiger partial charge in [-0.15, -0.1) is 0 Å². The van der Waals surface area contributed by atoms with Crippen molar-refractivity contribution in [2.75, 3.05) is 13.1 Å². The third-order valence-corrected chi connectivity index (χ3v) is 3.65. The first kappa shape index (κ1) is 11.9. The van der Waals surface area contributed by atoms with Gasteiger partial charge in [-0.05, 0) is 68.5 Å². The molecule has 1 aliphatic rings. The Morgan fingerprint density at radius 3 is 2.75 bits per heavy atom. The van der Waals surface area contributed by atoms with Crippen LogP contribution in [0.1, 0.15) is 24.0 Å². The van der Waals surface area contributed by atoms with Crippen molar-refractivity contribution in [1.82, 2.24) is 5.32 Å². The molecule has 0 aliphatic carbocycles. The molecule has 16 heavy (non-hydrogen) atoms. The highest BCUT2D eigenvalue weighted by Gasteiger charge is 2.16. The van der Waals surface area contributed by atoms with Crippen LogP contribution in [-0.2, 0) is 6.42 Å². The zero-order chi connectivity index (χ0) is 11.5. The second-order valence-electron chi connectivity index (χ2n) is 4.59. The van der Waals surface area contributed by atoms with Gasteiger partial charge in [-0.2, -0.15) is 0 Å². The van der Waals surface area contributed by atoms with Crippen molar-refractivity contribution in [3.05, 3.63) is 34.1 Å². The van der Waals surface area contributed by atoms with Crippen molar-refractivity contribution >= 4 is 11.6 Å². The lowest BCUT2D eigenvalue weighted by Crippen LogP contribution is -2.28. The third-order valence-electron chi connectivity index (χ3n) is 3.29. The summed E-state index contributed by atoms with van der Waals surface area (Å²) in [5, 5.41) is 4.03. The number of rotatable bonds is 2. The molecule has 1 fully saturated rings.